The van der Waals surface area contributed by atoms with Crippen molar-refractivity contribution in [2.75, 3.05) is 0 Å². The zero-order valence-corrected chi connectivity index (χ0v) is 14.9. The molecule has 0 aliphatic carbocycles. The van der Waals surface area contributed by atoms with Crippen LogP contribution in [-0.4, -0.2) is 6.36 Å². The number of hydrogen-bond donors (Lipinski definition) is 0. The van der Waals surface area contributed by atoms with Crippen molar-refractivity contribution in [3.8, 4) is 16.9 Å². The Morgan fingerprint density at radius 1 is 0.852 bits per heavy atom. The van der Waals surface area contributed by atoms with E-state index in [2.05, 4.69) is 11.7 Å². The first-order valence-corrected chi connectivity index (χ1v) is 8.94. The summed E-state index contributed by atoms with van der Waals surface area (Å²) in [5, 5.41) is 1.31. The van der Waals surface area contributed by atoms with Gasteiger partial charge in [0.2, 0.25) is 0 Å². The third-order valence-corrected chi connectivity index (χ3v) is 4.46. The van der Waals surface area contributed by atoms with Gasteiger partial charge in [-0.15, -0.1) is 13.2 Å². The summed E-state index contributed by atoms with van der Waals surface area (Å²) in [6.07, 6.45) is -0.602. The Morgan fingerprint density at radius 3 is 2.30 bits per heavy atom. The zero-order chi connectivity index (χ0) is 19.4. The monoisotopic (exact) mass is 376 g/mol. The Balaban J connectivity index is 1.85. The molecule has 0 heterocycles. The Morgan fingerprint density at radius 2 is 1.59 bits per heavy atom. The van der Waals surface area contributed by atoms with E-state index in [1.807, 2.05) is 6.07 Å². The molecule has 3 aromatic carbocycles. The van der Waals surface area contributed by atoms with Gasteiger partial charge in [-0.3, -0.25) is 0 Å². The second kappa shape index (κ2) is 7.99. The van der Waals surface area contributed by atoms with Gasteiger partial charge in [-0.05, 0) is 59.0 Å². The fourth-order valence-corrected chi connectivity index (χ4v) is 3.12. The van der Waals surface area contributed by atoms with Crippen molar-refractivity contribution in [1.82, 2.24) is 0 Å². The minimum atomic E-state index is -4.73. The number of alkyl halides is 3. The van der Waals surface area contributed by atoms with Crippen molar-refractivity contribution in [3.05, 3.63) is 66.0 Å². The topological polar surface area (TPSA) is 9.23 Å². The van der Waals surface area contributed by atoms with Crippen molar-refractivity contribution >= 4 is 10.8 Å². The third-order valence-electron chi connectivity index (χ3n) is 4.46. The smallest absolute Gasteiger partial charge is 0.406 e. The summed E-state index contributed by atoms with van der Waals surface area (Å²) in [7, 11) is 0. The number of benzene rings is 3. The summed E-state index contributed by atoms with van der Waals surface area (Å²) in [4.78, 5) is 0. The van der Waals surface area contributed by atoms with E-state index in [0.717, 1.165) is 31.2 Å². The predicted octanol–water partition coefficient (Wildman–Crippen LogP) is 7.28. The molecule has 0 spiro atoms. The average Bonchev–Trinajstić information content (AvgIpc) is 2.60. The number of halogens is 4. The maximum Gasteiger partial charge on any atom is 0.573 e. The summed E-state index contributed by atoms with van der Waals surface area (Å²) in [6.45, 7) is 2.13. The summed E-state index contributed by atoms with van der Waals surface area (Å²) in [5.74, 6) is -0.564. The quantitative estimate of drug-likeness (QED) is 0.324. The molecule has 27 heavy (non-hydrogen) atoms. The second-order valence-electron chi connectivity index (χ2n) is 6.54. The molecule has 1 nitrogen and oxygen atoms in total. The molecule has 0 amide bonds. The number of hydrogen-bond acceptors (Lipinski definition) is 1. The van der Waals surface area contributed by atoms with Crippen LogP contribution in [0.1, 0.15) is 31.7 Å². The van der Waals surface area contributed by atoms with Crippen molar-refractivity contribution in [1.29, 1.82) is 0 Å². The molecule has 0 saturated heterocycles. The molecule has 142 valence electrons. The molecule has 0 aromatic heterocycles. The van der Waals surface area contributed by atoms with Crippen molar-refractivity contribution in [3.63, 3.8) is 0 Å². The first-order valence-electron chi connectivity index (χ1n) is 8.94. The maximum atomic E-state index is 14.5. The van der Waals surface area contributed by atoms with Gasteiger partial charge in [0.1, 0.15) is 11.6 Å². The molecule has 0 radical (unpaired) electrons. The van der Waals surface area contributed by atoms with Gasteiger partial charge in [-0.25, -0.2) is 4.39 Å². The lowest BCUT2D eigenvalue weighted by Gasteiger charge is -2.11. The normalized spacial score (nSPS) is 11.7. The van der Waals surface area contributed by atoms with Gasteiger partial charge in [0.15, 0.2) is 0 Å². The average molecular weight is 376 g/mol. The van der Waals surface area contributed by atoms with Crippen molar-refractivity contribution in [2.24, 2.45) is 0 Å². The Labute approximate surface area is 155 Å². The molecule has 5 heteroatoms. The Bertz CT molecular complexity index is 931. The number of aryl methyl sites for hydroxylation is 1. The van der Waals surface area contributed by atoms with Gasteiger partial charge in [0.25, 0.3) is 0 Å². The number of fused-ring (bicyclic) bond motifs is 1. The van der Waals surface area contributed by atoms with Crippen LogP contribution in [0, 0.1) is 5.82 Å². The standard InChI is InChI=1S/C22H20F4O/c1-2-3-4-5-15-6-11-20(21(23)12-15)18-8-7-17-14-19(27-22(24,25)26)10-9-16(17)13-18/h6-14H,2-5H2,1H3. The Hall–Kier alpha value is -2.56. The molecule has 3 rings (SSSR count). The van der Waals surface area contributed by atoms with E-state index in [1.165, 1.54) is 18.2 Å². The first kappa shape index (κ1) is 19.2. The van der Waals surface area contributed by atoms with E-state index in [-0.39, 0.29) is 11.6 Å². The molecule has 0 bridgehead atoms. The van der Waals surface area contributed by atoms with Crippen LogP contribution in [-0.2, 0) is 6.42 Å². The largest absolute Gasteiger partial charge is 0.573 e. The molecular formula is C22H20F4O. The lowest BCUT2D eigenvalue weighted by Crippen LogP contribution is -2.16. The van der Waals surface area contributed by atoms with Crippen LogP contribution in [0.15, 0.2) is 54.6 Å². The highest BCUT2D eigenvalue weighted by Gasteiger charge is 2.31. The highest BCUT2D eigenvalue weighted by molar-refractivity contribution is 5.88. The van der Waals surface area contributed by atoms with E-state index < -0.39 is 6.36 Å². The third kappa shape index (κ3) is 5.00. The lowest BCUT2D eigenvalue weighted by atomic mass is 9.98. The van der Waals surface area contributed by atoms with E-state index in [4.69, 9.17) is 0 Å². The van der Waals surface area contributed by atoms with Crippen LogP contribution < -0.4 is 4.74 Å². The van der Waals surface area contributed by atoms with Gasteiger partial charge in [0, 0.05) is 5.56 Å². The SMILES string of the molecule is CCCCCc1ccc(-c2ccc3cc(OC(F)(F)F)ccc3c2)c(F)c1. The predicted molar refractivity (Wildman–Crippen MR) is 99.3 cm³/mol. The molecule has 0 saturated carbocycles. The minimum absolute atomic E-state index is 0.273. The van der Waals surface area contributed by atoms with Gasteiger partial charge in [0.05, 0.1) is 0 Å². The fraction of sp³-hybridized carbons (Fsp3) is 0.273. The van der Waals surface area contributed by atoms with Gasteiger partial charge in [-0.1, -0.05) is 50.1 Å². The minimum Gasteiger partial charge on any atom is -0.406 e. The van der Waals surface area contributed by atoms with Crippen LogP contribution in [0.4, 0.5) is 17.6 Å². The molecule has 0 N–H and O–H groups in total. The second-order valence-corrected chi connectivity index (χ2v) is 6.54. The molecule has 0 aliphatic heterocycles. The fourth-order valence-electron chi connectivity index (χ4n) is 3.12. The molecule has 3 aromatic rings. The number of unbranched alkanes of at least 4 members (excludes halogenated alkanes) is 2. The van der Waals surface area contributed by atoms with E-state index in [0.29, 0.717) is 21.9 Å². The van der Waals surface area contributed by atoms with Crippen LogP contribution >= 0.6 is 0 Å². The highest BCUT2D eigenvalue weighted by Crippen LogP contribution is 2.31. The molecule has 0 aliphatic rings. The van der Waals surface area contributed by atoms with Crippen molar-refractivity contribution < 1.29 is 22.3 Å². The van der Waals surface area contributed by atoms with Crippen LogP contribution in [0.25, 0.3) is 21.9 Å². The molecule has 0 fully saturated rings. The highest BCUT2D eigenvalue weighted by atomic mass is 19.4. The maximum absolute atomic E-state index is 14.5. The number of rotatable bonds is 6. The summed E-state index contributed by atoms with van der Waals surface area (Å²) in [6, 6.07) is 14.5. The summed E-state index contributed by atoms with van der Waals surface area (Å²) < 4.78 is 55.5. The number of ether oxygens (including phenoxy) is 1. The van der Waals surface area contributed by atoms with Gasteiger partial charge >= 0.3 is 6.36 Å². The van der Waals surface area contributed by atoms with Gasteiger partial charge in [-0.2, -0.15) is 0 Å². The molecule has 0 unspecified atom stereocenters. The van der Waals surface area contributed by atoms with Crippen LogP contribution in [0.5, 0.6) is 5.75 Å². The van der Waals surface area contributed by atoms with Crippen molar-refractivity contribution in [2.45, 2.75) is 39.0 Å². The first-order chi connectivity index (χ1) is 12.9. The molecule has 0 atom stereocenters. The van der Waals surface area contributed by atoms with E-state index >= 15 is 0 Å². The van der Waals surface area contributed by atoms with E-state index in [1.54, 1.807) is 30.3 Å². The Kier molecular flexibility index (Phi) is 5.68. The molecular weight excluding hydrogens is 356 g/mol. The van der Waals surface area contributed by atoms with Crippen LogP contribution in [0.3, 0.4) is 0 Å². The van der Waals surface area contributed by atoms with Gasteiger partial charge < -0.3 is 4.74 Å². The zero-order valence-electron chi connectivity index (χ0n) is 14.9. The van der Waals surface area contributed by atoms with Crippen LogP contribution in [0.2, 0.25) is 0 Å². The van der Waals surface area contributed by atoms with E-state index in [9.17, 15) is 17.6 Å². The summed E-state index contributed by atoms with van der Waals surface area (Å²) in [5.41, 5.74) is 2.13. The summed E-state index contributed by atoms with van der Waals surface area (Å²) >= 11 is 0. The lowest BCUT2D eigenvalue weighted by molar-refractivity contribution is -0.274.